The smallest absolute Gasteiger partial charge is 0.223 e. The van der Waals surface area contributed by atoms with Crippen LogP contribution in [-0.2, 0) is 28.9 Å². The Kier molecular flexibility index (Phi) is 3.66. The Morgan fingerprint density at radius 1 is 1.14 bits per heavy atom. The molecule has 118 valence electrons. The first-order chi connectivity index (χ1) is 10.8. The van der Waals surface area contributed by atoms with Crippen molar-refractivity contribution in [3.63, 3.8) is 0 Å². The van der Waals surface area contributed by atoms with Crippen LogP contribution in [0.2, 0.25) is 0 Å². The molecule has 1 fully saturated rings. The Bertz CT molecular complexity index is 561. The van der Waals surface area contributed by atoms with Gasteiger partial charge in [0, 0.05) is 55.2 Å². The highest BCUT2D eigenvalue weighted by molar-refractivity contribution is 5.79. The van der Waals surface area contributed by atoms with E-state index in [1.165, 1.54) is 11.1 Å². The van der Waals surface area contributed by atoms with E-state index < -0.39 is 0 Å². The minimum atomic E-state index is 0.0794. The van der Waals surface area contributed by atoms with Crippen molar-refractivity contribution in [1.82, 2.24) is 5.32 Å². The van der Waals surface area contributed by atoms with E-state index in [1.54, 1.807) is 0 Å². The topological polar surface area (TPSA) is 56.8 Å². The Morgan fingerprint density at radius 2 is 1.95 bits per heavy atom. The molecule has 0 unspecified atom stereocenters. The highest BCUT2D eigenvalue weighted by Crippen LogP contribution is 2.40. The lowest BCUT2D eigenvalue weighted by molar-refractivity contribution is -0.128. The van der Waals surface area contributed by atoms with E-state index in [0.29, 0.717) is 19.8 Å². The fourth-order valence-corrected chi connectivity index (χ4v) is 3.55. The van der Waals surface area contributed by atoms with E-state index in [-0.39, 0.29) is 11.8 Å². The van der Waals surface area contributed by atoms with E-state index in [1.807, 2.05) is 0 Å². The SMILES string of the molecule is O=C(NCc1c2c(cc3c1OCC3)OCC2)C1CCOCC1. The van der Waals surface area contributed by atoms with Crippen LogP contribution >= 0.6 is 0 Å². The van der Waals surface area contributed by atoms with Gasteiger partial charge in [0.15, 0.2) is 0 Å². The minimum absolute atomic E-state index is 0.0794. The first-order valence-electron chi connectivity index (χ1n) is 8.11. The molecule has 1 saturated heterocycles. The molecule has 3 heterocycles. The van der Waals surface area contributed by atoms with Crippen LogP contribution in [0.3, 0.4) is 0 Å². The molecular formula is C17H21NO4. The summed E-state index contributed by atoms with van der Waals surface area (Å²) in [6, 6.07) is 2.11. The summed E-state index contributed by atoms with van der Waals surface area (Å²) in [5.41, 5.74) is 3.52. The molecule has 3 aliphatic heterocycles. The highest BCUT2D eigenvalue weighted by atomic mass is 16.5. The summed E-state index contributed by atoms with van der Waals surface area (Å²) < 4.78 is 16.8. The number of hydrogen-bond acceptors (Lipinski definition) is 4. The summed E-state index contributed by atoms with van der Waals surface area (Å²) in [6.45, 7) is 3.35. The lowest BCUT2D eigenvalue weighted by atomic mass is 9.97. The Morgan fingerprint density at radius 3 is 2.82 bits per heavy atom. The number of hydrogen-bond donors (Lipinski definition) is 1. The summed E-state index contributed by atoms with van der Waals surface area (Å²) in [5, 5.41) is 3.10. The maximum Gasteiger partial charge on any atom is 0.223 e. The van der Waals surface area contributed by atoms with Crippen molar-refractivity contribution in [1.29, 1.82) is 0 Å². The zero-order valence-corrected chi connectivity index (χ0v) is 12.7. The zero-order valence-electron chi connectivity index (χ0n) is 12.7. The molecule has 0 aromatic heterocycles. The summed E-state index contributed by atoms with van der Waals surface area (Å²) in [5.74, 6) is 2.15. The van der Waals surface area contributed by atoms with Crippen molar-refractivity contribution < 1.29 is 19.0 Å². The number of ether oxygens (including phenoxy) is 3. The number of rotatable bonds is 3. The lowest BCUT2D eigenvalue weighted by Gasteiger charge is -2.22. The van der Waals surface area contributed by atoms with Gasteiger partial charge >= 0.3 is 0 Å². The molecule has 0 spiro atoms. The van der Waals surface area contributed by atoms with Gasteiger partial charge in [0.05, 0.1) is 13.2 Å². The summed E-state index contributed by atoms with van der Waals surface area (Å²) in [4.78, 5) is 12.3. The Balaban J connectivity index is 1.52. The monoisotopic (exact) mass is 303 g/mol. The molecule has 5 heteroatoms. The average molecular weight is 303 g/mol. The molecule has 1 aromatic rings. The third kappa shape index (κ3) is 2.43. The number of benzene rings is 1. The molecule has 1 N–H and O–H groups in total. The van der Waals surface area contributed by atoms with E-state index in [2.05, 4.69) is 11.4 Å². The van der Waals surface area contributed by atoms with Crippen LogP contribution in [0.5, 0.6) is 11.5 Å². The van der Waals surface area contributed by atoms with Crippen molar-refractivity contribution >= 4 is 5.91 Å². The maximum atomic E-state index is 12.3. The predicted molar refractivity (Wildman–Crippen MR) is 80.2 cm³/mol. The van der Waals surface area contributed by atoms with Gasteiger partial charge in [-0.1, -0.05) is 0 Å². The minimum Gasteiger partial charge on any atom is -0.493 e. The van der Waals surface area contributed by atoms with Gasteiger partial charge in [0.2, 0.25) is 5.91 Å². The molecule has 5 nitrogen and oxygen atoms in total. The zero-order chi connectivity index (χ0) is 14.9. The molecule has 0 atom stereocenters. The maximum absolute atomic E-state index is 12.3. The molecule has 22 heavy (non-hydrogen) atoms. The first-order valence-corrected chi connectivity index (χ1v) is 8.11. The fourth-order valence-electron chi connectivity index (χ4n) is 3.55. The van der Waals surface area contributed by atoms with E-state index in [9.17, 15) is 4.79 Å². The second-order valence-corrected chi connectivity index (χ2v) is 6.12. The van der Waals surface area contributed by atoms with Crippen molar-refractivity contribution in [2.75, 3.05) is 26.4 Å². The van der Waals surface area contributed by atoms with E-state index >= 15 is 0 Å². The van der Waals surface area contributed by atoms with Crippen molar-refractivity contribution in [2.24, 2.45) is 5.92 Å². The number of carbonyl (C=O) groups excluding carboxylic acids is 1. The van der Waals surface area contributed by atoms with E-state index in [0.717, 1.165) is 56.0 Å². The molecular weight excluding hydrogens is 282 g/mol. The summed E-state index contributed by atoms with van der Waals surface area (Å²) in [7, 11) is 0. The number of fused-ring (bicyclic) bond motifs is 2. The third-order valence-electron chi connectivity index (χ3n) is 4.79. The van der Waals surface area contributed by atoms with Gasteiger partial charge in [0.25, 0.3) is 0 Å². The molecule has 1 amide bonds. The van der Waals surface area contributed by atoms with Gasteiger partial charge in [-0.05, 0) is 18.9 Å². The number of nitrogens with one attached hydrogen (secondary N) is 1. The molecule has 4 rings (SSSR count). The molecule has 1 aromatic carbocycles. The highest BCUT2D eigenvalue weighted by Gasteiger charge is 2.27. The van der Waals surface area contributed by atoms with Gasteiger partial charge < -0.3 is 19.5 Å². The fraction of sp³-hybridized carbons (Fsp3) is 0.588. The van der Waals surface area contributed by atoms with Crippen LogP contribution in [0.15, 0.2) is 6.07 Å². The summed E-state index contributed by atoms with van der Waals surface area (Å²) in [6.07, 6.45) is 3.45. The van der Waals surface area contributed by atoms with Crippen LogP contribution in [0, 0.1) is 5.92 Å². The second-order valence-electron chi connectivity index (χ2n) is 6.12. The molecule has 3 aliphatic rings. The Hall–Kier alpha value is -1.75. The molecule has 0 saturated carbocycles. The predicted octanol–water partition coefficient (Wildman–Crippen LogP) is 1.60. The molecule has 0 bridgehead atoms. The average Bonchev–Trinajstić information content (AvgIpc) is 3.20. The number of carbonyl (C=O) groups is 1. The second kappa shape index (κ2) is 5.80. The van der Waals surface area contributed by atoms with Gasteiger partial charge in [-0.3, -0.25) is 4.79 Å². The van der Waals surface area contributed by atoms with Gasteiger partial charge in [-0.25, -0.2) is 0 Å². The largest absolute Gasteiger partial charge is 0.493 e. The number of amides is 1. The van der Waals surface area contributed by atoms with Crippen LogP contribution in [0.4, 0.5) is 0 Å². The van der Waals surface area contributed by atoms with Gasteiger partial charge in [-0.15, -0.1) is 0 Å². The van der Waals surface area contributed by atoms with Crippen molar-refractivity contribution in [3.8, 4) is 11.5 Å². The van der Waals surface area contributed by atoms with Crippen LogP contribution in [0.25, 0.3) is 0 Å². The first kappa shape index (κ1) is 13.9. The van der Waals surface area contributed by atoms with Crippen molar-refractivity contribution in [2.45, 2.75) is 32.2 Å². The lowest BCUT2D eigenvalue weighted by Crippen LogP contribution is -2.34. The van der Waals surface area contributed by atoms with Gasteiger partial charge in [0.1, 0.15) is 11.5 Å². The third-order valence-corrected chi connectivity index (χ3v) is 4.79. The molecule has 0 radical (unpaired) electrons. The van der Waals surface area contributed by atoms with E-state index in [4.69, 9.17) is 14.2 Å². The van der Waals surface area contributed by atoms with Crippen LogP contribution < -0.4 is 14.8 Å². The normalized spacial score (nSPS) is 20.0. The van der Waals surface area contributed by atoms with Crippen LogP contribution in [0.1, 0.15) is 29.5 Å². The quantitative estimate of drug-likeness (QED) is 0.921. The molecule has 0 aliphatic carbocycles. The summed E-state index contributed by atoms with van der Waals surface area (Å²) >= 11 is 0. The van der Waals surface area contributed by atoms with Crippen molar-refractivity contribution in [3.05, 3.63) is 22.8 Å². The standard InChI is InChI=1S/C17H21NO4/c19-17(11-1-5-20-6-2-11)18-10-14-13-4-8-21-15(13)9-12-3-7-22-16(12)14/h9,11H,1-8,10H2,(H,18,19). The van der Waals surface area contributed by atoms with Crippen LogP contribution in [-0.4, -0.2) is 32.3 Å². The van der Waals surface area contributed by atoms with Gasteiger partial charge in [-0.2, -0.15) is 0 Å². The Labute approximate surface area is 129 Å².